The summed E-state index contributed by atoms with van der Waals surface area (Å²) in [5, 5.41) is 6.82. The van der Waals surface area contributed by atoms with Crippen molar-refractivity contribution in [3.05, 3.63) is 106 Å². The predicted molar refractivity (Wildman–Crippen MR) is 160 cm³/mol. The third-order valence-electron chi connectivity index (χ3n) is 7.10. The molecule has 12 heteroatoms. The number of aromatic nitrogens is 2. The molecular weight excluding hydrogens is 587 g/mol. The molecule has 1 fully saturated rings. The molecule has 4 aromatic rings. The Bertz CT molecular complexity index is 1640. The molecule has 1 aliphatic heterocycles. The number of hydrogen-bond acceptors (Lipinski definition) is 4. The lowest BCUT2D eigenvalue weighted by Crippen LogP contribution is -2.29. The van der Waals surface area contributed by atoms with Gasteiger partial charge in [0.05, 0.1) is 34.1 Å². The maximum Gasteiger partial charge on any atom is 0.416 e. The van der Waals surface area contributed by atoms with Gasteiger partial charge in [-0.25, -0.2) is 0 Å². The smallest absolute Gasteiger partial charge is 0.375 e. The van der Waals surface area contributed by atoms with Crippen molar-refractivity contribution >= 4 is 46.2 Å². The van der Waals surface area contributed by atoms with Crippen LogP contribution in [-0.2, 0) is 15.7 Å². The first-order valence-electron chi connectivity index (χ1n) is 12.9. The van der Waals surface area contributed by atoms with Crippen LogP contribution in [-0.4, -0.2) is 34.3 Å². The summed E-state index contributed by atoms with van der Waals surface area (Å²) < 4.78 is 47.3. The number of anilines is 2. The van der Waals surface area contributed by atoms with Crippen molar-refractivity contribution in [3.63, 3.8) is 0 Å². The zero-order valence-electron chi connectivity index (χ0n) is 22.9. The summed E-state index contributed by atoms with van der Waals surface area (Å²) in [6.07, 6.45) is -2.77. The third kappa shape index (κ3) is 5.72. The lowest BCUT2D eigenvalue weighted by atomic mass is 9.96. The minimum Gasteiger partial charge on any atom is -0.375 e. The number of nitrogens with one attached hydrogen (secondary N) is 2. The summed E-state index contributed by atoms with van der Waals surface area (Å²) in [6, 6.07) is 17.2. The fourth-order valence-electron chi connectivity index (χ4n) is 5.33. The Hall–Kier alpha value is -3.93. The average molecular weight is 614 g/mol. The Morgan fingerprint density at radius 1 is 1.10 bits per heavy atom. The van der Waals surface area contributed by atoms with Gasteiger partial charge < -0.3 is 24.8 Å². The molecule has 0 spiro atoms. The van der Waals surface area contributed by atoms with Gasteiger partial charge in [0.2, 0.25) is 5.91 Å². The van der Waals surface area contributed by atoms with E-state index in [1.165, 1.54) is 13.2 Å². The average Bonchev–Trinajstić information content (AvgIpc) is 3.44. The lowest BCUT2D eigenvalue weighted by Gasteiger charge is -2.28. The Labute approximate surface area is 251 Å². The molecule has 2 aromatic heterocycles. The molecule has 218 valence electrons. The molecule has 0 bridgehead atoms. The number of pyridine rings is 1. The summed E-state index contributed by atoms with van der Waals surface area (Å²) in [4.78, 5) is 18.5. The van der Waals surface area contributed by atoms with Crippen LogP contribution in [0.2, 0.25) is 5.02 Å². The van der Waals surface area contributed by atoms with E-state index in [1.54, 1.807) is 35.0 Å². The van der Waals surface area contributed by atoms with Crippen LogP contribution in [0.15, 0.2) is 72.9 Å². The molecule has 2 N–H and O–H groups in total. The molecule has 2 aromatic carbocycles. The molecule has 0 radical (unpaired) electrons. The largest absolute Gasteiger partial charge is 0.416 e. The monoisotopic (exact) mass is 613 g/mol. The topological polar surface area (TPSA) is 71.4 Å². The van der Waals surface area contributed by atoms with Gasteiger partial charge in [-0.05, 0) is 86.2 Å². The van der Waals surface area contributed by atoms with Crippen molar-refractivity contribution in [3.8, 4) is 5.69 Å². The van der Waals surface area contributed by atoms with Gasteiger partial charge in [-0.3, -0.25) is 9.78 Å². The molecule has 2 atom stereocenters. The minimum absolute atomic E-state index is 0.118. The summed E-state index contributed by atoms with van der Waals surface area (Å²) in [5.41, 5.74) is 3.86. The van der Waals surface area contributed by atoms with E-state index in [0.29, 0.717) is 27.2 Å². The Kier molecular flexibility index (Phi) is 8.27. The molecule has 0 saturated carbocycles. The van der Waals surface area contributed by atoms with Crippen LogP contribution in [0.4, 0.5) is 24.5 Å². The van der Waals surface area contributed by atoms with Crippen LogP contribution < -0.4 is 15.5 Å². The van der Waals surface area contributed by atoms with E-state index in [9.17, 15) is 18.0 Å². The van der Waals surface area contributed by atoms with Crippen molar-refractivity contribution in [1.82, 2.24) is 14.9 Å². The molecule has 1 amide bonds. The molecule has 0 aliphatic carbocycles. The number of carbonyl (C=O) groups excluding carboxylic acids is 1. The highest BCUT2D eigenvalue weighted by molar-refractivity contribution is 7.80. The number of rotatable bonds is 7. The molecule has 1 aliphatic rings. The third-order valence-corrected chi connectivity index (χ3v) is 7.73. The highest BCUT2D eigenvalue weighted by atomic mass is 35.5. The number of benzene rings is 2. The Morgan fingerprint density at radius 2 is 1.88 bits per heavy atom. The summed E-state index contributed by atoms with van der Waals surface area (Å²) in [5.74, 6) is -0.347. The number of amides is 1. The Morgan fingerprint density at radius 3 is 2.55 bits per heavy atom. The van der Waals surface area contributed by atoms with Crippen molar-refractivity contribution in [2.75, 3.05) is 23.9 Å². The second-order valence-electron chi connectivity index (χ2n) is 9.85. The number of alkyl halides is 3. The van der Waals surface area contributed by atoms with E-state index in [4.69, 9.17) is 28.6 Å². The van der Waals surface area contributed by atoms with Gasteiger partial charge in [-0.1, -0.05) is 23.7 Å². The maximum atomic E-state index is 13.5. The number of aryl methyl sites for hydroxylation is 1. The zero-order chi connectivity index (χ0) is 30.2. The SMILES string of the molecule is COCC(=O)Nc1ccc(N2C(=S)N[C@H](c3ccccn3)[C@@H]2c2cc(C)n(-c3cccc(C(F)(F)F)c3)c2C)cc1Cl. The second-order valence-corrected chi connectivity index (χ2v) is 10.6. The minimum atomic E-state index is -4.47. The van der Waals surface area contributed by atoms with Gasteiger partial charge in [-0.2, -0.15) is 13.2 Å². The van der Waals surface area contributed by atoms with Crippen LogP contribution in [0, 0.1) is 13.8 Å². The molecule has 5 rings (SSSR count). The van der Waals surface area contributed by atoms with Crippen molar-refractivity contribution in [2.24, 2.45) is 0 Å². The van der Waals surface area contributed by atoms with E-state index in [-0.39, 0.29) is 18.6 Å². The first-order chi connectivity index (χ1) is 20.0. The lowest BCUT2D eigenvalue weighted by molar-refractivity contribution is -0.137. The number of halogens is 4. The molecule has 1 saturated heterocycles. The van der Waals surface area contributed by atoms with Crippen molar-refractivity contribution in [1.29, 1.82) is 0 Å². The van der Waals surface area contributed by atoms with Gasteiger partial charge in [-0.15, -0.1) is 0 Å². The van der Waals surface area contributed by atoms with Crippen molar-refractivity contribution in [2.45, 2.75) is 32.1 Å². The van der Waals surface area contributed by atoms with Crippen LogP contribution in [0.3, 0.4) is 0 Å². The standard InChI is InChI=1S/C30H27ClF3N5O2S/c1-17-13-22(18(2)38(17)20-8-6-7-19(14-20)30(32,33)34)28-27(25-9-4-5-12-35-25)37-29(42)39(28)21-10-11-24(23(31)15-21)36-26(40)16-41-3/h4-15,27-28H,16H2,1-3H3,(H,36,40)(H,37,42)/t27-,28+/m1/s1. The van der Waals surface area contributed by atoms with E-state index in [0.717, 1.165) is 34.8 Å². The maximum absolute atomic E-state index is 13.5. The van der Waals surface area contributed by atoms with Gasteiger partial charge in [0.15, 0.2) is 5.11 Å². The number of carbonyl (C=O) groups is 1. The van der Waals surface area contributed by atoms with Gasteiger partial charge in [0.1, 0.15) is 6.61 Å². The first-order valence-corrected chi connectivity index (χ1v) is 13.7. The highest BCUT2D eigenvalue weighted by Crippen LogP contribution is 2.45. The molecule has 3 heterocycles. The van der Waals surface area contributed by atoms with Gasteiger partial charge in [0.25, 0.3) is 0 Å². The van der Waals surface area contributed by atoms with E-state index in [2.05, 4.69) is 15.6 Å². The van der Waals surface area contributed by atoms with Crippen LogP contribution in [0.5, 0.6) is 0 Å². The second kappa shape index (κ2) is 11.7. The van der Waals surface area contributed by atoms with E-state index in [1.807, 2.05) is 43.0 Å². The van der Waals surface area contributed by atoms with Gasteiger partial charge in [0, 0.05) is 36.1 Å². The van der Waals surface area contributed by atoms with E-state index >= 15 is 0 Å². The number of hydrogen-bond donors (Lipinski definition) is 2. The number of ether oxygens (including phenoxy) is 1. The quantitative estimate of drug-likeness (QED) is 0.221. The predicted octanol–water partition coefficient (Wildman–Crippen LogP) is 6.92. The first kappa shape index (κ1) is 29.6. The molecule has 7 nitrogen and oxygen atoms in total. The van der Waals surface area contributed by atoms with Crippen molar-refractivity contribution < 1.29 is 22.7 Å². The highest BCUT2D eigenvalue weighted by Gasteiger charge is 2.42. The molecular formula is C30H27ClF3N5O2S. The summed E-state index contributed by atoms with van der Waals surface area (Å²) >= 11 is 12.4. The molecule has 42 heavy (non-hydrogen) atoms. The fourth-order valence-corrected chi connectivity index (χ4v) is 5.90. The van der Waals surface area contributed by atoms with Crippen LogP contribution in [0.1, 0.15) is 40.3 Å². The van der Waals surface area contributed by atoms with Gasteiger partial charge >= 0.3 is 6.18 Å². The normalized spacial score (nSPS) is 16.9. The fraction of sp³-hybridized carbons (Fsp3) is 0.233. The summed E-state index contributed by atoms with van der Waals surface area (Å²) in [7, 11) is 1.42. The van der Waals surface area contributed by atoms with Crippen LogP contribution in [0.25, 0.3) is 5.69 Å². The summed E-state index contributed by atoms with van der Waals surface area (Å²) in [6.45, 7) is 3.61. The van der Waals surface area contributed by atoms with E-state index < -0.39 is 17.8 Å². The zero-order valence-corrected chi connectivity index (χ0v) is 24.4. The number of methoxy groups -OCH3 is 1. The Balaban J connectivity index is 1.61. The van der Waals surface area contributed by atoms with Crippen LogP contribution >= 0.6 is 23.8 Å². The number of nitrogens with zero attached hydrogens (tertiary/aromatic N) is 3. The molecule has 0 unspecified atom stereocenters. The number of thiocarbonyl (C=S) groups is 1.